The topological polar surface area (TPSA) is 64.7 Å². The van der Waals surface area contributed by atoms with Gasteiger partial charge in [0.1, 0.15) is 5.51 Å². The smallest absolute Gasteiger partial charge is 0.237 e. The van der Waals surface area contributed by atoms with Crippen LogP contribution in [0.3, 0.4) is 0 Å². The molecule has 3 rings (SSSR count). The molecule has 0 saturated carbocycles. The molecule has 0 N–H and O–H groups in total. The van der Waals surface area contributed by atoms with Gasteiger partial charge in [0.15, 0.2) is 4.34 Å². The highest BCUT2D eigenvalue weighted by molar-refractivity contribution is 9.10. The minimum absolute atomic E-state index is 0.579. The Morgan fingerprint density at radius 3 is 3.11 bits per heavy atom. The molecular formula is C11H7BrN4OS2. The van der Waals surface area contributed by atoms with Crippen LogP contribution in [0.2, 0.25) is 0 Å². The fourth-order valence-electron chi connectivity index (χ4n) is 1.41. The van der Waals surface area contributed by atoms with E-state index in [9.17, 15) is 0 Å². The third-order valence-corrected chi connectivity index (χ3v) is 4.55. The first kappa shape index (κ1) is 12.8. The van der Waals surface area contributed by atoms with Crippen LogP contribution in [0, 0.1) is 0 Å². The summed E-state index contributed by atoms with van der Waals surface area (Å²) in [5, 5.41) is 11.7. The summed E-state index contributed by atoms with van der Waals surface area (Å²) in [5.41, 5.74) is 2.62. The van der Waals surface area contributed by atoms with E-state index in [1.54, 1.807) is 5.51 Å². The largest absolute Gasteiger partial charge is 0.338 e. The fraction of sp³-hybridized carbons (Fsp3) is 0.0909. The molecule has 8 heteroatoms. The predicted molar refractivity (Wildman–Crippen MR) is 76.9 cm³/mol. The van der Waals surface area contributed by atoms with Crippen LogP contribution in [0.1, 0.15) is 5.89 Å². The fourth-order valence-corrected chi connectivity index (χ4v) is 3.13. The maximum Gasteiger partial charge on any atom is 0.237 e. The highest BCUT2D eigenvalue weighted by Gasteiger charge is 2.10. The second kappa shape index (κ2) is 5.81. The van der Waals surface area contributed by atoms with Gasteiger partial charge in [0.25, 0.3) is 0 Å². The van der Waals surface area contributed by atoms with E-state index in [1.165, 1.54) is 23.1 Å². The lowest BCUT2D eigenvalue weighted by Crippen LogP contribution is -1.83. The summed E-state index contributed by atoms with van der Waals surface area (Å²) in [5.74, 6) is 1.76. The van der Waals surface area contributed by atoms with E-state index in [0.29, 0.717) is 17.5 Å². The third kappa shape index (κ3) is 3.20. The Morgan fingerprint density at radius 2 is 2.32 bits per heavy atom. The summed E-state index contributed by atoms with van der Waals surface area (Å²) in [4.78, 5) is 4.36. The lowest BCUT2D eigenvalue weighted by molar-refractivity contribution is 0.391. The van der Waals surface area contributed by atoms with E-state index in [4.69, 9.17) is 4.52 Å². The van der Waals surface area contributed by atoms with Crippen molar-refractivity contribution in [2.24, 2.45) is 0 Å². The van der Waals surface area contributed by atoms with Gasteiger partial charge in [-0.15, -0.1) is 10.2 Å². The molecule has 0 atom stereocenters. The van der Waals surface area contributed by atoms with Gasteiger partial charge < -0.3 is 4.52 Å². The lowest BCUT2D eigenvalue weighted by Gasteiger charge is -1.94. The number of halogens is 1. The molecule has 0 unspecified atom stereocenters. The van der Waals surface area contributed by atoms with Gasteiger partial charge >= 0.3 is 0 Å². The molecule has 96 valence electrons. The Kier molecular flexibility index (Phi) is 3.90. The molecule has 0 aliphatic rings. The Hall–Kier alpha value is -1.25. The Morgan fingerprint density at radius 1 is 1.37 bits per heavy atom. The standard InChI is InChI=1S/C11H7BrN4OS2/c12-8-3-1-2-7(4-8)10-14-9(17-16-10)5-18-11-15-13-6-19-11/h1-4,6H,5H2. The number of nitrogens with zero attached hydrogens (tertiary/aromatic N) is 4. The van der Waals surface area contributed by atoms with Crippen LogP contribution >= 0.6 is 39.0 Å². The van der Waals surface area contributed by atoms with Gasteiger partial charge in [0.05, 0.1) is 5.75 Å². The van der Waals surface area contributed by atoms with Crippen molar-refractivity contribution >= 4 is 39.0 Å². The number of thioether (sulfide) groups is 1. The molecule has 0 bridgehead atoms. The molecule has 0 aliphatic carbocycles. The van der Waals surface area contributed by atoms with Crippen LogP contribution in [0.25, 0.3) is 11.4 Å². The van der Waals surface area contributed by atoms with Crippen molar-refractivity contribution in [3.05, 3.63) is 40.1 Å². The summed E-state index contributed by atoms with van der Waals surface area (Å²) in [6.07, 6.45) is 0. The van der Waals surface area contributed by atoms with Crippen LogP contribution in [-0.2, 0) is 5.75 Å². The average Bonchev–Trinajstić information content (AvgIpc) is 3.08. The van der Waals surface area contributed by atoms with Crippen molar-refractivity contribution in [3.8, 4) is 11.4 Å². The van der Waals surface area contributed by atoms with E-state index in [-0.39, 0.29) is 0 Å². The van der Waals surface area contributed by atoms with Gasteiger partial charge in [-0.3, -0.25) is 0 Å². The molecule has 0 aliphatic heterocycles. The molecule has 5 nitrogen and oxygen atoms in total. The number of benzene rings is 1. The van der Waals surface area contributed by atoms with Crippen molar-refractivity contribution in [2.45, 2.75) is 10.1 Å². The van der Waals surface area contributed by atoms with Crippen LogP contribution in [0.4, 0.5) is 0 Å². The monoisotopic (exact) mass is 354 g/mol. The molecule has 2 aromatic heterocycles. The molecule has 0 saturated heterocycles. The summed E-state index contributed by atoms with van der Waals surface area (Å²) in [6, 6.07) is 7.78. The lowest BCUT2D eigenvalue weighted by atomic mass is 10.2. The summed E-state index contributed by atoms with van der Waals surface area (Å²) in [6.45, 7) is 0. The maximum absolute atomic E-state index is 5.22. The normalized spacial score (nSPS) is 10.8. The molecule has 0 spiro atoms. The molecule has 1 aromatic carbocycles. The maximum atomic E-state index is 5.22. The zero-order valence-corrected chi connectivity index (χ0v) is 12.7. The number of hydrogen-bond acceptors (Lipinski definition) is 7. The Bertz CT molecular complexity index is 671. The minimum Gasteiger partial charge on any atom is -0.338 e. The highest BCUT2D eigenvalue weighted by atomic mass is 79.9. The summed E-state index contributed by atoms with van der Waals surface area (Å²) < 4.78 is 7.09. The van der Waals surface area contributed by atoms with Crippen LogP contribution < -0.4 is 0 Å². The van der Waals surface area contributed by atoms with Crippen molar-refractivity contribution in [1.82, 2.24) is 20.3 Å². The second-order valence-electron chi connectivity index (χ2n) is 3.52. The van der Waals surface area contributed by atoms with Gasteiger partial charge in [-0.25, -0.2) is 0 Å². The predicted octanol–water partition coefficient (Wildman–Crippen LogP) is 3.64. The van der Waals surface area contributed by atoms with Gasteiger partial charge in [0, 0.05) is 10.0 Å². The molecule has 0 fully saturated rings. The van der Waals surface area contributed by atoms with E-state index in [1.807, 2.05) is 24.3 Å². The van der Waals surface area contributed by atoms with Crippen LogP contribution in [0.5, 0.6) is 0 Å². The second-order valence-corrected chi connectivity index (χ2v) is 6.49. The number of hydrogen-bond donors (Lipinski definition) is 0. The van der Waals surface area contributed by atoms with E-state index in [0.717, 1.165) is 14.4 Å². The number of aromatic nitrogens is 4. The van der Waals surface area contributed by atoms with Gasteiger partial charge in [-0.1, -0.05) is 56.3 Å². The van der Waals surface area contributed by atoms with Crippen molar-refractivity contribution in [3.63, 3.8) is 0 Å². The first-order valence-corrected chi connectivity index (χ1v) is 7.94. The zero-order chi connectivity index (χ0) is 13.1. The summed E-state index contributed by atoms with van der Waals surface area (Å²) >= 11 is 6.44. The number of rotatable bonds is 4. The van der Waals surface area contributed by atoms with E-state index >= 15 is 0 Å². The molecule has 0 radical (unpaired) electrons. The molecular weight excluding hydrogens is 348 g/mol. The van der Waals surface area contributed by atoms with E-state index in [2.05, 4.69) is 36.3 Å². The SMILES string of the molecule is Brc1cccc(-c2noc(CSc3nncs3)n2)c1. The van der Waals surface area contributed by atoms with Crippen LogP contribution in [0.15, 0.2) is 43.1 Å². The Labute approximate surface area is 125 Å². The third-order valence-electron chi connectivity index (χ3n) is 2.21. The zero-order valence-electron chi connectivity index (χ0n) is 9.49. The average molecular weight is 355 g/mol. The Balaban J connectivity index is 1.72. The van der Waals surface area contributed by atoms with Crippen molar-refractivity contribution in [1.29, 1.82) is 0 Å². The molecule has 2 heterocycles. The van der Waals surface area contributed by atoms with Crippen molar-refractivity contribution in [2.75, 3.05) is 0 Å². The minimum atomic E-state index is 0.579. The van der Waals surface area contributed by atoms with Gasteiger partial charge in [-0.05, 0) is 12.1 Å². The quantitative estimate of drug-likeness (QED) is 0.666. The molecule has 0 amide bonds. The van der Waals surface area contributed by atoms with Gasteiger partial charge in [-0.2, -0.15) is 4.98 Å². The van der Waals surface area contributed by atoms with Gasteiger partial charge in [0.2, 0.25) is 11.7 Å². The highest BCUT2D eigenvalue weighted by Crippen LogP contribution is 2.25. The van der Waals surface area contributed by atoms with Crippen molar-refractivity contribution < 1.29 is 4.52 Å². The first-order valence-electron chi connectivity index (χ1n) is 5.29. The molecule has 3 aromatic rings. The van der Waals surface area contributed by atoms with E-state index < -0.39 is 0 Å². The summed E-state index contributed by atoms with van der Waals surface area (Å²) in [7, 11) is 0. The molecule has 19 heavy (non-hydrogen) atoms. The van der Waals surface area contributed by atoms with Crippen LogP contribution in [-0.4, -0.2) is 20.3 Å². The first-order chi connectivity index (χ1) is 9.31.